The molecule has 1 amide bonds. The number of nitrogens with zero attached hydrogens (tertiary/aromatic N) is 1. The zero-order valence-corrected chi connectivity index (χ0v) is 14.7. The first kappa shape index (κ1) is 21.0. The van der Waals surface area contributed by atoms with Crippen LogP contribution in [0, 0.1) is 0 Å². The van der Waals surface area contributed by atoms with Crippen LogP contribution < -0.4 is 10.5 Å². The summed E-state index contributed by atoms with van der Waals surface area (Å²) in [5.74, 6) is 0.935. The molecule has 6 heteroatoms. The minimum Gasteiger partial charge on any atom is -0.492 e. The van der Waals surface area contributed by atoms with E-state index >= 15 is 0 Å². The summed E-state index contributed by atoms with van der Waals surface area (Å²) in [6.07, 6.45) is 4.74. The maximum absolute atomic E-state index is 11.9. The highest BCUT2D eigenvalue weighted by atomic mass is 35.5. The van der Waals surface area contributed by atoms with E-state index in [4.69, 9.17) is 22.1 Å². The molecule has 0 fully saturated rings. The molecule has 0 spiro atoms. The average Bonchev–Trinajstić information content (AvgIpc) is 2.48. The second kappa shape index (κ2) is 12.6. The Balaban J connectivity index is 0.00000441. The Kier molecular flexibility index (Phi) is 12.0. The highest BCUT2D eigenvalue weighted by Crippen LogP contribution is 2.15. The molecule has 0 unspecified atom stereocenters. The number of nitrogens with two attached hydrogens (primary N) is 1. The van der Waals surface area contributed by atoms with Gasteiger partial charge < -0.3 is 15.4 Å². The number of carbonyl (C=O) groups is 1. The quantitative estimate of drug-likeness (QED) is 0.658. The molecule has 0 atom stereocenters. The van der Waals surface area contributed by atoms with Gasteiger partial charge in [0.25, 0.3) is 0 Å². The van der Waals surface area contributed by atoms with Crippen LogP contribution in [0.3, 0.4) is 0 Å². The highest BCUT2D eigenvalue weighted by molar-refractivity contribution is 6.30. The molecule has 1 aromatic rings. The maximum Gasteiger partial charge on any atom is 0.222 e. The van der Waals surface area contributed by atoms with Crippen LogP contribution >= 0.6 is 24.0 Å². The third-order valence-electron chi connectivity index (χ3n) is 3.28. The van der Waals surface area contributed by atoms with Crippen LogP contribution in [0.5, 0.6) is 5.75 Å². The van der Waals surface area contributed by atoms with E-state index in [-0.39, 0.29) is 18.3 Å². The molecule has 0 radical (unpaired) electrons. The Hall–Kier alpha value is -0.970. The van der Waals surface area contributed by atoms with Crippen molar-refractivity contribution in [2.45, 2.75) is 32.1 Å². The lowest BCUT2D eigenvalue weighted by Crippen LogP contribution is -2.30. The van der Waals surface area contributed by atoms with E-state index in [2.05, 4.69) is 0 Å². The second-order valence-corrected chi connectivity index (χ2v) is 5.51. The van der Waals surface area contributed by atoms with Gasteiger partial charge in [0, 0.05) is 18.5 Å². The van der Waals surface area contributed by atoms with Gasteiger partial charge in [0.2, 0.25) is 5.91 Å². The SMILES string of the molecule is CN(CCOc1ccc(Cl)cc1)C(=O)CCCCCCN.Cl. The first-order valence-corrected chi connectivity index (χ1v) is 7.83. The molecule has 0 bridgehead atoms. The Morgan fingerprint density at radius 1 is 1.18 bits per heavy atom. The molecule has 0 aliphatic heterocycles. The van der Waals surface area contributed by atoms with E-state index in [0.29, 0.717) is 24.6 Å². The lowest BCUT2D eigenvalue weighted by atomic mass is 10.1. The van der Waals surface area contributed by atoms with Crippen LogP contribution in [0.15, 0.2) is 24.3 Å². The van der Waals surface area contributed by atoms with Crippen molar-refractivity contribution >= 4 is 29.9 Å². The van der Waals surface area contributed by atoms with Crippen molar-refractivity contribution in [3.63, 3.8) is 0 Å². The van der Waals surface area contributed by atoms with Gasteiger partial charge in [-0.15, -0.1) is 12.4 Å². The number of hydrogen-bond donors (Lipinski definition) is 1. The second-order valence-electron chi connectivity index (χ2n) is 5.07. The predicted molar refractivity (Wildman–Crippen MR) is 94.0 cm³/mol. The van der Waals surface area contributed by atoms with Crippen molar-refractivity contribution in [1.82, 2.24) is 4.90 Å². The molecule has 0 aliphatic rings. The molecule has 0 saturated carbocycles. The van der Waals surface area contributed by atoms with Crippen molar-refractivity contribution in [1.29, 1.82) is 0 Å². The number of likely N-dealkylation sites (N-methyl/N-ethyl adjacent to an activating group) is 1. The molecule has 4 nitrogen and oxygen atoms in total. The van der Waals surface area contributed by atoms with Crippen molar-refractivity contribution in [3.8, 4) is 5.75 Å². The molecule has 2 N–H and O–H groups in total. The fourth-order valence-electron chi connectivity index (χ4n) is 1.92. The number of benzene rings is 1. The predicted octanol–water partition coefficient (Wildman–Crippen LogP) is 3.51. The molecule has 0 saturated heterocycles. The molecule has 22 heavy (non-hydrogen) atoms. The summed E-state index contributed by atoms with van der Waals surface area (Å²) in [6, 6.07) is 7.21. The Morgan fingerprint density at radius 3 is 2.45 bits per heavy atom. The fraction of sp³-hybridized carbons (Fsp3) is 0.562. The summed E-state index contributed by atoms with van der Waals surface area (Å²) >= 11 is 5.80. The largest absolute Gasteiger partial charge is 0.492 e. The standard InChI is InChI=1S/C16H25ClN2O2.ClH/c1-19(16(20)6-4-2-3-5-11-18)12-13-21-15-9-7-14(17)8-10-15;/h7-10H,2-6,11-13,18H2,1H3;1H. The molecule has 0 aromatic heterocycles. The Labute approximate surface area is 144 Å². The van der Waals surface area contributed by atoms with Gasteiger partial charge in [0.1, 0.15) is 12.4 Å². The normalized spacial score (nSPS) is 9.95. The van der Waals surface area contributed by atoms with Gasteiger partial charge >= 0.3 is 0 Å². The van der Waals surface area contributed by atoms with Crippen LogP contribution in [-0.2, 0) is 4.79 Å². The lowest BCUT2D eigenvalue weighted by molar-refractivity contribution is -0.130. The van der Waals surface area contributed by atoms with Gasteiger partial charge in [-0.2, -0.15) is 0 Å². The average molecular weight is 349 g/mol. The third-order valence-corrected chi connectivity index (χ3v) is 3.53. The monoisotopic (exact) mass is 348 g/mol. The number of rotatable bonds is 10. The maximum atomic E-state index is 11.9. The van der Waals surface area contributed by atoms with Crippen LogP contribution in [0.25, 0.3) is 0 Å². The summed E-state index contributed by atoms with van der Waals surface area (Å²) in [4.78, 5) is 13.6. The van der Waals surface area contributed by atoms with Gasteiger partial charge in [-0.3, -0.25) is 4.79 Å². The van der Waals surface area contributed by atoms with Gasteiger partial charge in [-0.1, -0.05) is 24.4 Å². The lowest BCUT2D eigenvalue weighted by Gasteiger charge is -2.17. The van der Waals surface area contributed by atoms with E-state index in [1.807, 2.05) is 19.2 Å². The van der Waals surface area contributed by atoms with E-state index in [1.54, 1.807) is 17.0 Å². The van der Waals surface area contributed by atoms with Crippen LogP contribution in [0.4, 0.5) is 0 Å². The van der Waals surface area contributed by atoms with Gasteiger partial charge in [0.15, 0.2) is 0 Å². The van der Waals surface area contributed by atoms with Crippen molar-refractivity contribution < 1.29 is 9.53 Å². The minimum absolute atomic E-state index is 0. The zero-order valence-electron chi connectivity index (χ0n) is 13.1. The summed E-state index contributed by atoms with van der Waals surface area (Å²) in [6.45, 7) is 1.80. The molecular formula is C16H26Cl2N2O2. The molecule has 1 aromatic carbocycles. The van der Waals surface area contributed by atoms with Crippen LogP contribution in [0.1, 0.15) is 32.1 Å². The molecule has 126 valence electrons. The first-order valence-electron chi connectivity index (χ1n) is 7.46. The summed E-state index contributed by atoms with van der Waals surface area (Å²) in [5, 5.41) is 0.685. The van der Waals surface area contributed by atoms with Crippen LogP contribution in [-0.4, -0.2) is 37.6 Å². The summed E-state index contributed by atoms with van der Waals surface area (Å²) in [5.41, 5.74) is 5.43. The van der Waals surface area contributed by atoms with Gasteiger partial charge in [-0.05, 0) is 43.7 Å². The van der Waals surface area contributed by atoms with Crippen molar-refractivity contribution in [3.05, 3.63) is 29.3 Å². The smallest absolute Gasteiger partial charge is 0.222 e. The van der Waals surface area contributed by atoms with Crippen LogP contribution in [0.2, 0.25) is 5.02 Å². The van der Waals surface area contributed by atoms with E-state index in [1.165, 1.54) is 0 Å². The Bertz CT molecular complexity index is 413. The number of halogens is 2. The Morgan fingerprint density at radius 2 is 1.82 bits per heavy atom. The van der Waals surface area contributed by atoms with Crippen molar-refractivity contribution in [2.75, 3.05) is 26.7 Å². The third kappa shape index (κ3) is 9.13. The van der Waals surface area contributed by atoms with Gasteiger partial charge in [-0.25, -0.2) is 0 Å². The summed E-state index contributed by atoms with van der Waals surface area (Å²) in [7, 11) is 1.81. The first-order chi connectivity index (χ1) is 10.1. The number of carbonyl (C=O) groups excluding carboxylic acids is 1. The van der Waals surface area contributed by atoms with E-state index in [0.717, 1.165) is 38.0 Å². The number of hydrogen-bond acceptors (Lipinski definition) is 3. The van der Waals surface area contributed by atoms with E-state index in [9.17, 15) is 4.79 Å². The van der Waals surface area contributed by atoms with E-state index < -0.39 is 0 Å². The minimum atomic E-state index is 0. The highest BCUT2D eigenvalue weighted by Gasteiger charge is 2.08. The molecule has 1 rings (SSSR count). The van der Waals surface area contributed by atoms with Gasteiger partial charge in [0.05, 0.1) is 6.54 Å². The molecule has 0 heterocycles. The number of amides is 1. The zero-order chi connectivity index (χ0) is 15.5. The topological polar surface area (TPSA) is 55.6 Å². The molecule has 0 aliphatic carbocycles. The number of unbranched alkanes of at least 4 members (excludes halogenated alkanes) is 3. The summed E-state index contributed by atoms with van der Waals surface area (Å²) < 4.78 is 5.57. The number of ether oxygens (including phenoxy) is 1. The molecular weight excluding hydrogens is 323 g/mol. The fourth-order valence-corrected chi connectivity index (χ4v) is 2.05. The van der Waals surface area contributed by atoms with Crippen molar-refractivity contribution in [2.24, 2.45) is 5.73 Å².